The zero-order valence-corrected chi connectivity index (χ0v) is 22.4. The zero-order valence-electron chi connectivity index (χ0n) is 19.1. The Bertz CT molecular complexity index is 1270. The van der Waals surface area contributed by atoms with Crippen molar-refractivity contribution in [3.63, 3.8) is 0 Å². The molecule has 0 spiro atoms. The van der Waals surface area contributed by atoms with Crippen LogP contribution in [-0.2, 0) is 23.4 Å². The normalized spacial score (nSPS) is 22.3. The Morgan fingerprint density at radius 3 is 2.75 bits per heavy atom. The summed E-state index contributed by atoms with van der Waals surface area (Å²) in [6, 6.07) is 4.89. The predicted molar refractivity (Wildman–Crippen MR) is 134 cm³/mol. The topological polar surface area (TPSA) is 158 Å². The summed E-state index contributed by atoms with van der Waals surface area (Å²) in [6.07, 6.45) is -0.315. The molecule has 3 rings (SSSR count). The number of aliphatic hydroxyl groups excluding tert-OH is 1. The largest absolute Gasteiger partial charge is 0.468 e. The number of benzene rings is 1. The molecule has 2 heterocycles. The number of methoxy groups -OCH3 is 1. The third-order valence-electron chi connectivity index (χ3n) is 5.11. The first-order valence-corrected chi connectivity index (χ1v) is 13.4. The quantitative estimate of drug-likeness (QED) is 0.270. The summed E-state index contributed by atoms with van der Waals surface area (Å²) in [5, 5.41) is 13.4. The highest BCUT2D eigenvalue weighted by molar-refractivity contribution is 9.11. The van der Waals surface area contributed by atoms with Crippen molar-refractivity contribution in [3.8, 4) is 5.75 Å². The smallest absolute Gasteiger partial charge is 0.459 e. The summed E-state index contributed by atoms with van der Waals surface area (Å²) in [5.74, 6) is -0.563. The van der Waals surface area contributed by atoms with Crippen LogP contribution in [0.25, 0.3) is 6.08 Å². The molecule has 0 amide bonds. The number of aromatic nitrogens is 2. The number of rotatable bonds is 10. The van der Waals surface area contributed by atoms with E-state index in [1.165, 1.54) is 55.6 Å². The molecular weight excluding hydrogens is 585 g/mol. The fourth-order valence-electron chi connectivity index (χ4n) is 3.30. The van der Waals surface area contributed by atoms with Crippen LogP contribution in [0.2, 0.25) is 5.02 Å². The van der Waals surface area contributed by atoms with Crippen molar-refractivity contribution in [2.45, 2.75) is 37.8 Å². The monoisotopic (exact) mass is 607 g/mol. The van der Waals surface area contributed by atoms with E-state index in [0.717, 1.165) is 4.57 Å². The lowest BCUT2D eigenvalue weighted by molar-refractivity contribution is -0.142. The molecule has 0 radical (unpaired) electrons. The van der Waals surface area contributed by atoms with Crippen LogP contribution in [0.3, 0.4) is 0 Å². The number of hydrogen-bond donors (Lipinski definition) is 3. The summed E-state index contributed by atoms with van der Waals surface area (Å²) in [7, 11) is -3.02. The molecule has 12 nitrogen and oxygen atoms in total. The molecule has 36 heavy (non-hydrogen) atoms. The molecule has 196 valence electrons. The van der Waals surface area contributed by atoms with Crippen molar-refractivity contribution >= 4 is 47.3 Å². The summed E-state index contributed by atoms with van der Waals surface area (Å²) >= 11 is 8.95. The number of nitrogens with one attached hydrogen (secondary N) is 2. The van der Waals surface area contributed by atoms with Crippen LogP contribution in [0.1, 0.15) is 25.1 Å². The minimum Gasteiger partial charge on any atom is -0.468 e. The van der Waals surface area contributed by atoms with Gasteiger partial charge in [-0.15, -0.1) is 0 Å². The number of carbonyl (C=O) groups is 1. The molecule has 0 aliphatic carbocycles. The maximum absolute atomic E-state index is 13.5. The highest BCUT2D eigenvalue weighted by Crippen LogP contribution is 2.46. The molecule has 3 N–H and O–H groups in total. The molecule has 0 saturated carbocycles. The number of nitrogens with zero attached hydrogens (tertiary/aromatic N) is 1. The Morgan fingerprint density at radius 1 is 1.42 bits per heavy atom. The van der Waals surface area contributed by atoms with Crippen molar-refractivity contribution in [2.75, 3.05) is 13.7 Å². The van der Waals surface area contributed by atoms with Crippen LogP contribution in [0.5, 0.6) is 5.75 Å². The van der Waals surface area contributed by atoms with Gasteiger partial charge in [-0.05, 0) is 42.3 Å². The SMILES string of the molecule is COC(=O)[C@H](C)NP(=O)(OC[C@H]1O[C@@H](n2cc(/C=C/Br)c(=O)[nH]c2=O)CC1O)Oc1ccc(Cl)cc1. The second kappa shape index (κ2) is 12.3. The van der Waals surface area contributed by atoms with Gasteiger partial charge in [-0.1, -0.05) is 27.5 Å². The highest BCUT2D eigenvalue weighted by atomic mass is 79.9. The minimum absolute atomic E-state index is 0.00816. The van der Waals surface area contributed by atoms with Crippen LogP contribution in [0.15, 0.2) is 45.0 Å². The molecular formula is C21H24BrClN3O9P. The van der Waals surface area contributed by atoms with E-state index in [0.29, 0.717) is 5.02 Å². The molecule has 15 heteroatoms. The van der Waals surface area contributed by atoms with Crippen LogP contribution in [0, 0.1) is 0 Å². The Morgan fingerprint density at radius 2 is 2.11 bits per heavy atom. The van der Waals surface area contributed by atoms with Gasteiger partial charge in [0.1, 0.15) is 24.1 Å². The van der Waals surface area contributed by atoms with Crippen molar-refractivity contribution in [2.24, 2.45) is 0 Å². The van der Waals surface area contributed by atoms with Gasteiger partial charge in [0.2, 0.25) is 0 Å². The van der Waals surface area contributed by atoms with E-state index in [4.69, 9.17) is 25.4 Å². The second-order valence-corrected chi connectivity index (χ2v) is 10.3. The van der Waals surface area contributed by atoms with Gasteiger partial charge in [-0.2, -0.15) is 5.09 Å². The Hall–Kier alpha value is -2.25. The molecule has 2 aromatic rings. The molecule has 1 aromatic carbocycles. The average Bonchev–Trinajstić information content (AvgIpc) is 3.20. The molecule has 1 aromatic heterocycles. The summed E-state index contributed by atoms with van der Waals surface area (Å²) in [5.41, 5.74) is -1.13. The first-order chi connectivity index (χ1) is 17.0. The maximum Gasteiger partial charge on any atom is 0.459 e. The lowest BCUT2D eigenvalue weighted by Crippen LogP contribution is -2.36. The van der Waals surface area contributed by atoms with Gasteiger partial charge in [-0.3, -0.25) is 23.7 Å². The third-order valence-corrected chi connectivity index (χ3v) is 7.27. The van der Waals surface area contributed by atoms with E-state index < -0.39 is 56.0 Å². The molecule has 1 saturated heterocycles. The number of aromatic amines is 1. The standard InChI is InChI=1S/C21H24BrClN3O9P/c1-12(20(29)32-2)25-36(31,35-15-5-3-14(23)4-6-15)33-11-17-16(27)9-18(34-17)26-10-13(7-8-22)19(28)24-21(26)30/h3-8,10,12,16-18,27H,9,11H2,1-2H3,(H,25,31)(H,24,28,30)/b8-7+/t12-,16?,17+,18+,36?/m0/s1. The van der Waals surface area contributed by atoms with Crippen LogP contribution in [-0.4, -0.2) is 52.6 Å². The summed E-state index contributed by atoms with van der Waals surface area (Å²) in [4.78, 5) is 39.7. The van der Waals surface area contributed by atoms with Gasteiger partial charge < -0.3 is 19.1 Å². The molecule has 1 fully saturated rings. The fraction of sp³-hybridized carbons (Fsp3) is 0.381. The number of carbonyl (C=O) groups excluding carboxylic acids is 1. The van der Waals surface area contributed by atoms with E-state index in [-0.39, 0.29) is 17.7 Å². The van der Waals surface area contributed by atoms with Gasteiger partial charge in [0.15, 0.2) is 0 Å². The zero-order chi connectivity index (χ0) is 26.5. The summed E-state index contributed by atoms with van der Waals surface area (Å²) < 4.78 is 36.1. The van der Waals surface area contributed by atoms with Gasteiger partial charge in [0, 0.05) is 17.6 Å². The number of H-pyrrole nitrogens is 1. The van der Waals surface area contributed by atoms with Gasteiger partial charge in [0.05, 0.1) is 25.4 Å². The van der Waals surface area contributed by atoms with Crippen molar-refractivity contribution in [1.29, 1.82) is 0 Å². The lowest BCUT2D eigenvalue weighted by atomic mass is 10.2. The maximum atomic E-state index is 13.5. The second-order valence-electron chi connectivity index (χ2n) is 7.69. The van der Waals surface area contributed by atoms with Crippen LogP contribution >= 0.6 is 35.3 Å². The minimum atomic E-state index is -4.20. The molecule has 1 aliphatic rings. The Kier molecular flexibility index (Phi) is 9.70. The Balaban J connectivity index is 1.76. The fourth-order valence-corrected chi connectivity index (χ4v) is 5.21. The van der Waals surface area contributed by atoms with E-state index in [1.54, 1.807) is 0 Å². The number of esters is 1. The van der Waals surface area contributed by atoms with E-state index >= 15 is 0 Å². The first-order valence-electron chi connectivity index (χ1n) is 10.6. The molecule has 2 unspecified atom stereocenters. The van der Waals surface area contributed by atoms with Gasteiger partial charge >= 0.3 is 19.4 Å². The number of aliphatic hydroxyl groups is 1. The summed E-state index contributed by atoms with van der Waals surface area (Å²) in [6.45, 7) is 0.987. The molecule has 1 aliphatic heterocycles. The Labute approximate surface area is 218 Å². The number of ether oxygens (including phenoxy) is 2. The van der Waals surface area contributed by atoms with Crippen molar-refractivity contribution in [1.82, 2.24) is 14.6 Å². The van der Waals surface area contributed by atoms with Crippen LogP contribution < -0.4 is 20.9 Å². The highest BCUT2D eigenvalue weighted by Gasteiger charge is 2.39. The number of halogens is 2. The van der Waals surface area contributed by atoms with E-state index in [9.17, 15) is 24.1 Å². The number of hydrogen-bond acceptors (Lipinski definition) is 9. The van der Waals surface area contributed by atoms with Crippen LogP contribution in [0.4, 0.5) is 0 Å². The first kappa shape index (κ1) is 28.3. The van der Waals surface area contributed by atoms with E-state index in [2.05, 4.69) is 30.7 Å². The molecule has 5 atom stereocenters. The lowest BCUT2D eigenvalue weighted by Gasteiger charge is -2.24. The average molecular weight is 609 g/mol. The van der Waals surface area contributed by atoms with Crippen molar-refractivity contribution in [3.05, 3.63) is 66.9 Å². The van der Waals surface area contributed by atoms with Crippen molar-refractivity contribution < 1.29 is 33.0 Å². The van der Waals surface area contributed by atoms with Gasteiger partial charge in [-0.25, -0.2) is 9.36 Å². The third kappa shape index (κ3) is 7.16. The van der Waals surface area contributed by atoms with E-state index in [1.807, 2.05) is 0 Å². The molecule has 0 bridgehead atoms. The predicted octanol–water partition coefficient (Wildman–Crippen LogP) is 2.56. The van der Waals surface area contributed by atoms with Gasteiger partial charge in [0.25, 0.3) is 5.56 Å².